The number of benzene rings is 1. The topological polar surface area (TPSA) is 101 Å². The van der Waals surface area contributed by atoms with E-state index in [4.69, 9.17) is 5.73 Å². The lowest BCUT2D eigenvalue weighted by Crippen LogP contribution is -2.28. The number of rotatable bonds is 7. The van der Waals surface area contributed by atoms with Crippen LogP contribution in [0.2, 0.25) is 0 Å². The van der Waals surface area contributed by atoms with Crippen molar-refractivity contribution in [3.05, 3.63) is 29.8 Å². The van der Waals surface area contributed by atoms with Gasteiger partial charge in [-0.3, -0.25) is 9.52 Å². The predicted molar refractivity (Wildman–Crippen MR) is 82.8 cm³/mol. The number of nitrogens with one attached hydrogen (secondary N) is 2. The Balaban J connectivity index is 0.00000361. The number of halogens is 1. The van der Waals surface area contributed by atoms with Gasteiger partial charge in [-0.1, -0.05) is 6.92 Å². The minimum Gasteiger partial charge on any atom is -0.351 e. The van der Waals surface area contributed by atoms with E-state index in [-0.39, 0.29) is 24.1 Å². The van der Waals surface area contributed by atoms with Crippen LogP contribution >= 0.6 is 12.4 Å². The van der Waals surface area contributed by atoms with E-state index in [1.807, 2.05) is 0 Å². The Morgan fingerprint density at radius 1 is 1.25 bits per heavy atom. The molecule has 114 valence electrons. The molecule has 8 heteroatoms. The summed E-state index contributed by atoms with van der Waals surface area (Å²) in [6, 6.07) is 6.25. The minimum absolute atomic E-state index is 0. The van der Waals surface area contributed by atoms with Gasteiger partial charge in [-0.25, -0.2) is 8.42 Å². The van der Waals surface area contributed by atoms with Crippen molar-refractivity contribution in [1.29, 1.82) is 0 Å². The maximum absolute atomic E-state index is 11.6. The summed E-state index contributed by atoms with van der Waals surface area (Å²) in [5, 5.41) is 2.63. The Labute approximate surface area is 125 Å². The van der Waals surface area contributed by atoms with Crippen LogP contribution in [0.4, 0.5) is 5.69 Å². The van der Waals surface area contributed by atoms with Gasteiger partial charge in [0.25, 0.3) is 5.91 Å². The van der Waals surface area contributed by atoms with Crippen molar-refractivity contribution in [3.63, 3.8) is 0 Å². The number of anilines is 1. The Morgan fingerprint density at radius 2 is 1.85 bits per heavy atom. The summed E-state index contributed by atoms with van der Waals surface area (Å²) in [6.45, 7) is 2.58. The number of hydrogen-bond donors (Lipinski definition) is 3. The lowest BCUT2D eigenvalue weighted by molar-refractivity contribution is 0.0955. The Hall–Kier alpha value is -1.31. The van der Waals surface area contributed by atoms with Crippen LogP contribution in [0.25, 0.3) is 0 Å². The Kier molecular flexibility index (Phi) is 8.21. The molecular formula is C12H20ClN3O3S. The van der Waals surface area contributed by atoms with Gasteiger partial charge in [-0.05, 0) is 30.7 Å². The molecule has 0 saturated carbocycles. The molecule has 1 amide bonds. The Bertz CT molecular complexity index is 517. The molecule has 0 aliphatic carbocycles. The molecule has 0 radical (unpaired) electrons. The van der Waals surface area contributed by atoms with Gasteiger partial charge in [0.1, 0.15) is 0 Å². The third-order valence-electron chi connectivity index (χ3n) is 2.32. The minimum atomic E-state index is -3.30. The van der Waals surface area contributed by atoms with Gasteiger partial charge < -0.3 is 11.1 Å². The fraction of sp³-hybridized carbons (Fsp3) is 0.417. The van der Waals surface area contributed by atoms with Crippen molar-refractivity contribution in [2.24, 2.45) is 5.73 Å². The molecule has 0 bridgehead atoms. The first-order chi connectivity index (χ1) is 8.98. The van der Waals surface area contributed by atoms with E-state index in [0.29, 0.717) is 30.8 Å². The lowest BCUT2D eigenvalue weighted by atomic mass is 10.2. The van der Waals surface area contributed by atoms with Crippen LogP contribution in [0.5, 0.6) is 0 Å². The van der Waals surface area contributed by atoms with E-state index in [1.54, 1.807) is 31.2 Å². The zero-order valence-corrected chi connectivity index (χ0v) is 12.9. The maximum Gasteiger partial charge on any atom is 0.251 e. The standard InChI is InChI=1S/C12H19N3O3S.ClH/c1-2-9-19(17,18)15-11-5-3-10(4-6-11)12(16)14-8-7-13;/h3-6,15H,2,7-9,13H2,1H3,(H,14,16);1H. The highest BCUT2D eigenvalue weighted by molar-refractivity contribution is 7.92. The molecule has 0 unspecified atom stereocenters. The van der Waals surface area contributed by atoms with E-state index in [2.05, 4.69) is 10.0 Å². The maximum atomic E-state index is 11.6. The molecule has 0 fully saturated rings. The van der Waals surface area contributed by atoms with Gasteiger partial charge in [-0.2, -0.15) is 0 Å². The number of sulfonamides is 1. The molecule has 20 heavy (non-hydrogen) atoms. The molecule has 1 aromatic rings. The zero-order chi connectivity index (χ0) is 14.3. The van der Waals surface area contributed by atoms with Crippen LogP contribution in [0.3, 0.4) is 0 Å². The highest BCUT2D eigenvalue weighted by atomic mass is 35.5. The van der Waals surface area contributed by atoms with E-state index < -0.39 is 10.0 Å². The number of nitrogens with two attached hydrogens (primary N) is 1. The van der Waals surface area contributed by atoms with E-state index in [9.17, 15) is 13.2 Å². The fourth-order valence-electron chi connectivity index (χ4n) is 1.48. The summed E-state index contributed by atoms with van der Waals surface area (Å²) in [4.78, 5) is 11.6. The second-order valence-electron chi connectivity index (χ2n) is 4.04. The van der Waals surface area contributed by atoms with Crippen molar-refractivity contribution in [3.8, 4) is 0 Å². The number of carbonyl (C=O) groups excluding carboxylic acids is 1. The van der Waals surface area contributed by atoms with Crippen molar-refractivity contribution >= 4 is 34.0 Å². The van der Waals surface area contributed by atoms with Crippen LogP contribution in [-0.4, -0.2) is 33.2 Å². The van der Waals surface area contributed by atoms with Gasteiger partial charge >= 0.3 is 0 Å². The summed E-state index contributed by atoms with van der Waals surface area (Å²) < 4.78 is 25.6. The summed E-state index contributed by atoms with van der Waals surface area (Å²) in [5.41, 5.74) is 6.20. The number of carbonyl (C=O) groups is 1. The second-order valence-corrected chi connectivity index (χ2v) is 5.88. The van der Waals surface area contributed by atoms with Crippen molar-refractivity contribution in [2.75, 3.05) is 23.6 Å². The molecule has 6 nitrogen and oxygen atoms in total. The Morgan fingerprint density at radius 3 is 2.35 bits per heavy atom. The second kappa shape index (κ2) is 8.78. The molecule has 0 aliphatic rings. The summed E-state index contributed by atoms with van der Waals surface area (Å²) in [5.74, 6) is -0.153. The van der Waals surface area contributed by atoms with Gasteiger partial charge in [0, 0.05) is 24.3 Å². The van der Waals surface area contributed by atoms with Crippen molar-refractivity contribution in [2.45, 2.75) is 13.3 Å². The van der Waals surface area contributed by atoms with Crippen LogP contribution in [-0.2, 0) is 10.0 Å². The van der Waals surface area contributed by atoms with Crippen LogP contribution in [0.1, 0.15) is 23.7 Å². The largest absolute Gasteiger partial charge is 0.351 e. The van der Waals surface area contributed by atoms with Gasteiger partial charge in [-0.15, -0.1) is 12.4 Å². The molecule has 0 saturated heterocycles. The highest BCUT2D eigenvalue weighted by Gasteiger charge is 2.09. The van der Waals surface area contributed by atoms with Crippen molar-refractivity contribution < 1.29 is 13.2 Å². The molecule has 1 aromatic carbocycles. The first-order valence-electron chi connectivity index (χ1n) is 6.07. The normalized spacial score (nSPS) is 10.5. The molecular weight excluding hydrogens is 302 g/mol. The predicted octanol–water partition coefficient (Wildman–Crippen LogP) is 0.949. The van der Waals surface area contributed by atoms with E-state index >= 15 is 0 Å². The average molecular weight is 322 g/mol. The summed E-state index contributed by atoms with van der Waals surface area (Å²) in [7, 11) is -3.30. The zero-order valence-electron chi connectivity index (χ0n) is 11.3. The summed E-state index contributed by atoms with van der Waals surface area (Å²) >= 11 is 0. The fourth-order valence-corrected chi connectivity index (χ4v) is 2.61. The van der Waals surface area contributed by atoms with Crippen LogP contribution in [0.15, 0.2) is 24.3 Å². The quantitative estimate of drug-likeness (QED) is 0.696. The smallest absolute Gasteiger partial charge is 0.251 e. The molecule has 0 spiro atoms. The summed E-state index contributed by atoms with van der Waals surface area (Å²) in [6.07, 6.45) is 0.551. The first kappa shape index (κ1) is 18.7. The molecule has 0 aromatic heterocycles. The average Bonchev–Trinajstić information content (AvgIpc) is 2.36. The monoisotopic (exact) mass is 321 g/mol. The molecule has 4 N–H and O–H groups in total. The molecule has 0 atom stereocenters. The van der Waals surface area contributed by atoms with Gasteiger partial charge in [0.05, 0.1) is 5.75 Å². The van der Waals surface area contributed by atoms with Crippen LogP contribution in [0, 0.1) is 0 Å². The first-order valence-corrected chi connectivity index (χ1v) is 7.72. The highest BCUT2D eigenvalue weighted by Crippen LogP contribution is 2.11. The third kappa shape index (κ3) is 6.23. The van der Waals surface area contributed by atoms with E-state index in [1.165, 1.54) is 0 Å². The van der Waals surface area contributed by atoms with Gasteiger partial charge in [0.2, 0.25) is 10.0 Å². The van der Waals surface area contributed by atoms with E-state index in [0.717, 1.165) is 0 Å². The van der Waals surface area contributed by atoms with Crippen LogP contribution < -0.4 is 15.8 Å². The molecule has 1 rings (SSSR count). The van der Waals surface area contributed by atoms with Crippen molar-refractivity contribution in [1.82, 2.24) is 5.32 Å². The third-order valence-corrected chi connectivity index (χ3v) is 3.82. The number of hydrogen-bond acceptors (Lipinski definition) is 4. The molecule has 0 aliphatic heterocycles. The SMILES string of the molecule is CCCS(=O)(=O)Nc1ccc(C(=O)NCCN)cc1.Cl. The lowest BCUT2D eigenvalue weighted by Gasteiger charge is -2.08. The number of amides is 1. The molecule has 0 heterocycles. The van der Waals surface area contributed by atoms with Gasteiger partial charge in [0.15, 0.2) is 0 Å².